The summed E-state index contributed by atoms with van der Waals surface area (Å²) in [4.78, 5) is 4.48. The zero-order valence-electron chi connectivity index (χ0n) is 14.4. The van der Waals surface area contributed by atoms with Crippen LogP contribution in [0.2, 0.25) is 0 Å². The quantitative estimate of drug-likeness (QED) is 0.869. The first-order valence-electron chi connectivity index (χ1n) is 8.28. The third-order valence-corrected chi connectivity index (χ3v) is 5.04. The van der Waals surface area contributed by atoms with E-state index in [4.69, 9.17) is 0 Å². The van der Waals surface area contributed by atoms with Gasteiger partial charge in [0.1, 0.15) is 5.82 Å². The highest BCUT2D eigenvalue weighted by atomic mass is 32.2. The number of rotatable bonds is 4. The van der Waals surface area contributed by atoms with E-state index >= 15 is 0 Å². The summed E-state index contributed by atoms with van der Waals surface area (Å²) in [6.07, 6.45) is 0.739. The Hall–Kier alpha value is -1.81. The Morgan fingerprint density at radius 2 is 1.83 bits per heavy atom. The first-order chi connectivity index (χ1) is 11.5. The molecule has 0 spiro atoms. The first-order valence-corrected chi connectivity index (χ1v) is 9.27. The molecule has 0 saturated heterocycles. The van der Waals surface area contributed by atoms with Crippen LogP contribution in [-0.2, 0) is 6.42 Å². The van der Waals surface area contributed by atoms with Crippen LogP contribution in [-0.4, -0.2) is 17.5 Å². The molecule has 1 atom stereocenters. The van der Waals surface area contributed by atoms with E-state index in [2.05, 4.69) is 42.4 Å². The molecule has 1 aliphatic rings. The molecule has 4 heteroatoms. The smallest absolute Gasteiger partial charge is 0.157 e. The van der Waals surface area contributed by atoms with Gasteiger partial charge >= 0.3 is 0 Å². The van der Waals surface area contributed by atoms with E-state index in [1.165, 1.54) is 16.7 Å². The van der Waals surface area contributed by atoms with Gasteiger partial charge < -0.3 is 5.32 Å². The van der Waals surface area contributed by atoms with Gasteiger partial charge in [0.25, 0.3) is 0 Å². The van der Waals surface area contributed by atoms with Crippen molar-refractivity contribution in [3.05, 3.63) is 70.0 Å². The molecule has 0 amide bonds. The zero-order valence-corrected chi connectivity index (χ0v) is 15.2. The number of aliphatic imine (C=N–C) groups is 1. The molecule has 1 heterocycles. The number of benzene rings is 2. The topological polar surface area (TPSA) is 24.4 Å². The van der Waals surface area contributed by atoms with Crippen molar-refractivity contribution >= 4 is 16.9 Å². The molecule has 3 rings (SSSR count). The average Bonchev–Trinajstić information content (AvgIpc) is 3.01. The Morgan fingerprint density at radius 1 is 1.08 bits per heavy atom. The summed E-state index contributed by atoms with van der Waals surface area (Å²) in [5.74, 6) is 0.834. The van der Waals surface area contributed by atoms with Crippen molar-refractivity contribution in [2.24, 2.45) is 4.99 Å². The van der Waals surface area contributed by atoms with Crippen LogP contribution >= 0.6 is 11.8 Å². The van der Waals surface area contributed by atoms with Crippen molar-refractivity contribution in [2.45, 2.75) is 33.2 Å². The van der Waals surface area contributed by atoms with Crippen molar-refractivity contribution in [3.63, 3.8) is 0 Å². The van der Waals surface area contributed by atoms with Crippen molar-refractivity contribution in [2.75, 3.05) is 12.3 Å². The fourth-order valence-electron chi connectivity index (χ4n) is 3.16. The second kappa shape index (κ2) is 7.39. The second-order valence-corrected chi connectivity index (χ2v) is 7.54. The molecule has 0 radical (unpaired) electrons. The molecule has 2 nitrogen and oxygen atoms in total. The molecule has 0 fully saturated rings. The van der Waals surface area contributed by atoms with Crippen molar-refractivity contribution in [1.29, 1.82) is 0 Å². The van der Waals surface area contributed by atoms with Crippen LogP contribution in [0, 0.1) is 26.6 Å². The van der Waals surface area contributed by atoms with E-state index in [1.54, 1.807) is 17.8 Å². The number of aryl methyl sites for hydroxylation is 3. The number of halogens is 1. The lowest BCUT2D eigenvalue weighted by atomic mass is 9.95. The van der Waals surface area contributed by atoms with Gasteiger partial charge in [-0.1, -0.05) is 58.8 Å². The van der Waals surface area contributed by atoms with E-state index in [1.807, 2.05) is 19.1 Å². The Labute approximate surface area is 147 Å². The van der Waals surface area contributed by atoms with Crippen molar-refractivity contribution < 1.29 is 4.39 Å². The third kappa shape index (κ3) is 4.18. The van der Waals surface area contributed by atoms with Crippen LogP contribution < -0.4 is 5.32 Å². The van der Waals surface area contributed by atoms with Gasteiger partial charge in [0.15, 0.2) is 5.17 Å². The number of hydrogen-bond donors (Lipinski definition) is 1. The minimum Gasteiger partial charge on any atom is -0.358 e. The van der Waals surface area contributed by atoms with Gasteiger partial charge in [0.05, 0.1) is 12.6 Å². The monoisotopic (exact) mass is 342 g/mol. The zero-order chi connectivity index (χ0) is 17.1. The van der Waals surface area contributed by atoms with Crippen LogP contribution in [0.1, 0.15) is 33.9 Å². The summed E-state index contributed by atoms with van der Waals surface area (Å²) >= 11 is 1.71. The number of nitrogens with one attached hydrogen (secondary N) is 1. The van der Waals surface area contributed by atoms with Gasteiger partial charge in [-0.25, -0.2) is 4.39 Å². The summed E-state index contributed by atoms with van der Waals surface area (Å²) < 4.78 is 14.5. The molecule has 0 aromatic heterocycles. The SMILES string of the molecule is Cc1cc(C)cc(CC(NC2=NCCS2)c2cc(C)ccc2F)c1. The maximum Gasteiger partial charge on any atom is 0.157 e. The molecule has 0 saturated carbocycles. The molecule has 0 bridgehead atoms. The molecule has 126 valence electrons. The van der Waals surface area contributed by atoms with E-state index in [-0.39, 0.29) is 11.9 Å². The number of nitrogens with zero attached hydrogens (tertiary/aromatic N) is 1. The maximum atomic E-state index is 14.5. The Morgan fingerprint density at radius 3 is 2.50 bits per heavy atom. The second-order valence-electron chi connectivity index (χ2n) is 6.46. The normalized spacial score (nSPS) is 15.2. The predicted molar refractivity (Wildman–Crippen MR) is 101 cm³/mol. The molecule has 2 aromatic carbocycles. The van der Waals surface area contributed by atoms with Gasteiger partial charge in [-0.2, -0.15) is 0 Å². The summed E-state index contributed by atoms with van der Waals surface area (Å²) in [5, 5.41) is 4.38. The Kier molecular flexibility index (Phi) is 5.24. The fourth-order valence-corrected chi connectivity index (χ4v) is 3.95. The standard InChI is InChI=1S/C20H23FN2S/c1-13-4-5-18(21)17(11-13)19(23-20-22-6-7-24-20)12-16-9-14(2)8-15(3)10-16/h4-5,8-11,19H,6-7,12H2,1-3H3,(H,22,23). The molecular weight excluding hydrogens is 319 g/mol. The molecule has 24 heavy (non-hydrogen) atoms. The van der Waals surface area contributed by atoms with Crippen LogP contribution in [0.3, 0.4) is 0 Å². The molecule has 1 aliphatic heterocycles. The molecular formula is C20H23FN2S. The highest BCUT2D eigenvalue weighted by Crippen LogP contribution is 2.25. The van der Waals surface area contributed by atoms with Gasteiger partial charge in [-0.15, -0.1) is 0 Å². The van der Waals surface area contributed by atoms with Gasteiger partial charge in [-0.3, -0.25) is 4.99 Å². The summed E-state index contributed by atoms with van der Waals surface area (Å²) in [6, 6.07) is 11.7. The summed E-state index contributed by atoms with van der Waals surface area (Å²) in [6.45, 7) is 7.03. The lowest BCUT2D eigenvalue weighted by Crippen LogP contribution is -2.28. The molecule has 2 aromatic rings. The lowest BCUT2D eigenvalue weighted by Gasteiger charge is -2.21. The predicted octanol–water partition coefficient (Wildman–Crippen LogP) is 4.73. The van der Waals surface area contributed by atoms with E-state index < -0.39 is 0 Å². The average molecular weight is 342 g/mol. The molecule has 1 N–H and O–H groups in total. The van der Waals surface area contributed by atoms with Crippen LogP contribution in [0.15, 0.2) is 41.4 Å². The van der Waals surface area contributed by atoms with Gasteiger partial charge in [0, 0.05) is 11.3 Å². The summed E-state index contributed by atoms with van der Waals surface area (Å²) in [5.41, 5.74) is 5.47. The first kappa shape index (κ1) is 17.0. The van der Waals surface area contributed by atoms with Crippen LogP contribution in [0.4, 0.5) is 4.39 Å². The highest BCUT2D eigenvalue weighted by molar-refractivity contribution is 8.14. The number of amidine groups is 1. The Balaban J connectivity index is 1.93. The highest BCUT2D eigenvalue weighted by Gasteiger charge is 2.20. The van der Waals surface area contributed by atoms with Crippen LogP contribution in [0.5, 0.6) is 0 Å². The Bertz CT molecular complexity index is 750. The number of thioether (sulfide) groups is 1. The lowest BCUT2D eigenvalue weighted by molar-refractivity contribution is 0.558. The van der Waals surface area contributed by atoms with Gasteiger partial charge in [-0.05, 0) is 38.8 Å². The minimum atomic E-state index is -0.161. The van der Waals surface area contributed by atoms with Crippen molar-refractivity contribution in [3.8, 4) is 0 Å². The van der Waals surface area contributed by atoms with Gasteiger partial charge in [0.2, 0.25) is 0 Å². The van der Waals surface area contributed by atoms with E-state index in [0.717, 1.165) is 29.4 Å². The van der Waals surface area contributed by atoms with Crippen molar-refractivity contribution in [1.82, 2.24) is 5.32 Å². The summed E-state index contributed by atoms with van der Waals surface area (Å²) in [7, 11) is 0. The van der Waals surface area contributed by atoms with E-state index in [9.17, 15) is 4.39 Å². The largest absolute Gasteiger partial charge is 0.358 e. The number of hydrogen-bond acceptors (Lipinski definition) is 3. The molecule has 0 aliphatic carbocycles. The van der Waals surface area contributed by atoms with E-state index in [0.29, 0.717) is 5.56 Å². The maximum absolute atomic E-state index is 14.5. The van der Waals surface area contributed by atoms with Crippen LogP contribution in [0.25, 0.3) is 0 Å². The fraction of sp³-hybridized carbons (Fsp3) is 0.350. The third-order valence-electron chi connectivity index (χ3n) is 4.13. The minimum absolute atomic E-state index is 0.115. The molecule has 1 unspecified atom stereocenters.